The summed E-state index contributed by atoms with van der Waals surface area (Å²) in [6.07, 6.45) is 6.16. The molecule has 3 rings (SSSR count). The minimum atomic E-state index is 0.324. The SMILES string of the molecule is Cc1ccc(OCc2cccn3cncc23)c(C=O)n1. The van der Waals surface area contributed by atoms with Crippen molar-refractivity contribution >= 4 is 11.8 Å². The van der Waals surface area contributed by atoms with Crippen LogP contribution in [0, 0.1) is 6.92 Å². The summed E-state index contributed by atoms with van der Waals surface area (Å²) in [7, 11) is 0. The van der Waals surface area contributed by atoms with Crippen LogP contribution in [-0.4, -0.2) is 20.7 Å². The molecule has 0 atom stereocenters. The smallest absolute Gasteiger partial charge is 0.172 e. The molecule has 5 heteroatoms. The van der Waals surface area contributed by atoms with Crippen LogP contribution in [0.1, 0.15) is 21.7 Å². The fourth-order valence-electron chi connectivity index (χ4n) is 2.06. The van der Waals surface area contributed by atoms with E-state index >= 15 is 0 Å². The number of fused-ring (bicyclic) bond motifs is 1. The Morgan fingerprint density at radius 1 is 1.35 bits per heavy atom. The molecule has 0 spiro atoms. The van der Waals surface area contributed by atoms with Crippen LogP contribution in [0.5, 0.6) is 5.75 Å². The molecule has 3 heterocycles. The Morgan fingerprint density at radius 2 is 2.25 bits per heavy atom. The van der Waals surface area contributed by atoms with E-state index in [0.29, 0.717) is 24.3 Å². The lowest BCUT2D eigenvalue weighted by Gasteiger charge is -2.09. The van der Waals surface area contributed by atoms with Crippen LogP contribution in [0.25, 0.3) is 5.52 Å². The zero-order valence-electron chi connectivity index (χ0n) is 11.0. The molecule has 0 N–H and O–H groups in total. The molecule has 3 aromatic rings. The van der Waals surface area contributed by atoms with Crippen molar-refractivity contribution in [3.63, 3.8) is 0 Å². The van der Waals surface area contributed by atoms with E-state index in [-0.39, 0.29) is 0 Å². The number of hydrogen-bond donors (Lipinski definition) is 0. The van der Waals surface area contributed by atoms with Crippen LogP contribution in [0.15, 0.2) is 43.0 Å². The van der Waals surface area contributed by atoms with Crippen LogP contribution in [0.3, 0.4) is 0 Å². The van der Waals surface area contributed by atoms with Gasteiger partial charge in [0.25, 0.3) is 0 Å². The first kappa shape index (κ1) is 12.3. The maximum Gasteiger partial charge on any atom is 0.172 e. The molecular weight excluding hydrogens is 254 g/mol. The van der Waals surface area contributed by atoms with Gasteiger partial charge in [0.1, 0.15) is 18.1 Å². The van der Waals surface area contributed by atoms with E-state index in [1.165, 1.54) is 0 Å². The third-order valence-corrected chi connectivity index (χ3v) is 3.06. The average molecular weight is 267 g/mol. The summed E-state index contributed by atoms with van der Waals surface area (Å²) < 4.78 is 7.64. The van der Waals surface area contributed by atoms with Crippen molar-refractivity contribution < 1.29 is 9.53 Å². The molecule has 0 saturated carbocycles. The second-order valence-electron chi connectivity index (χ2n) is 4.46. The highest BCUT2D eigenvalue weighted by molar-refractivity contribution is 5.76. The Kier molecular flexibility index (Phi) is 3.16. The average Bonchev–Trinajstić information content (AvgIpc) is 2.94. The van der Waals surface area contributed by atoms with E-state index in [0.717, 1.165) is 16.8 Å². The third kappa shape index (κ3) is 2.25. The van der Waals surface area contributed by atoms with E-state index in [1.807, 2.05) is 35.7 Å². The summed E-state index contributed by atoms with van der Waals surface area (Å²) in [5.41, 5.74) is 3.10. The number of ether oxygens (including phenoxy) is 1. The fourth-order valence-corrected chi connectivity index (χ4v) is 2.06. The number of rotatable bonds is 4. The summed E-state index contributed by atoms with van der Waals surface area (Å²) in [6, 6.07) is 7.49. The highest BCUT2D eigenvalue weighted by Gasteiger charge is 2.07. The summed E-state index contributed by atoms with van der Waals surface area (Å²) in [6.45, 7) is 2.20. The second-order valence-corrected chi connectivity index (χ2v) is 4.46. The molecular formula is C15H13N3O2. The number of carbonyl (C=O) groups excluding carboxylic acids is 1. The lowest BCUT2D eigenvalue weighted by Crippen LogP contribution is -2.02. The van der Waals surface area contributed by atoms with Gasteiger partial charge in [-0.25, -0.2) is 9.97 Å². The van der Waals surface area contributed by atoms with E-state index in [2.05, 4.69) is 9.97 Å². The molecule has 100 valence electrons. The number of nitrogens with zero attached hydrogens (tertiary/aromatic N) is 3. The van der Waals surface area contributed by atoms with Crippen molar-refractivity contribution in [2.75, 3.05) is 0 Å². The predicted molar refractivity (Wildman–Crippen MR) is 73.9 cm³/mol. The number of aldehydes is 1. The number of hydrogen-bond acceptors (Lipinski definition) is 4. The van der Waals surface area contributed by atoms with Crippen molar-refractivity contribution in [3.05, 3.63) is 59.9 Å². The zero-order valence-corrected chi connectivity index (χ0v) is 11.0. The molecule has 3 aromatic heterocycles. The third-order valence-electron chi connectivity index (χ3n) is 3.06. The van der Waals surface area contributed by atoms with Crippen LogP contribution in [0.4, 0.5) is 0 Å². The van der Waals surface area contributed by atoms with E-state index < -0.39 is 0 Å². The van der Waals surface area contributed by atoms with Crippen LogP contribution < -0.4 is 4.74 Å². The highest BCUT2D eigenvalue weighted by Crippen LogP contribution is 2.18. The van der Waals surface area contributed by atoms with Gasteiger partial charge in [0.05, 0.1) is 18.0 Å². The van der Waals surface area contributed by atoms with Gasteiger partial charge in [-0.2, -0.15) is 0 Å². The molecule has 0 amide bonds. The standard InChI is InChI=1S/C15H13N3O2/c1-11-4-5-15(13(8-19)17-11)20-9-12-3-2-6-18-10-16-7-14(12)18/h2-8,10H,9H2,1H3. The van der Waals surface area contributed by atoms with Crippen LogP contribution in [-0.2, 0) is 6.61 Å². The molecule has 0 aliphatic heterocycles. The number of carbonyl (C=O) groups is 1. The normalized spacial score (nSPS) is 10.7. The zero-order chi connectivity index (χ0) is 13.9. The van der Waals surface area contributed by atoms with Crippen molar-refractivity contribution in [2.24, 2.45) is 0 Å². The molecule has 0 aliphatic rings. The van der Waals surface area contributed by atoms with Crippen LogP contribution in [0.2, 0.25) is 0 Å². The topological polar surface area (TPSA) is 56.5 Å². The first-order chi connectivity index (χ1) is 9.78. The number of pyridine rings is 2. The molecule has 0 radical (unpaired) electrons. The predicted octanol–water partition coefficient (Wildman–Crippen LogP) is 2.43. The summed E-state index contributed by atoms with van der Waals surface area (Å²) in [5.74, 6) is 0.493. The Labute approximate surface area is 115 Å². The minimum absolute atomic E-state index is 0.324. The molecule has 0 bridgehead atoms. The van der Waals surface area contributed by atoms with Gasteiger partial charge < -0.3 is 9.14 Å². The van der Waals surface area contributed by atoms with Crippen molar-refractivity contribution in [2.45, 2.75) is 13.5 Å². The van der Waals surface area contributed by atoms with Gasteiger partial charge in [-0.1, -0.05) is 6.07 Å². The molecule has 20 heavy (non-hydrogen) atoms. The largest absolute Gasteiger partial charge is 0.486 e. The lowest BCUT2D eigenvalue weighted by atomic mass is 10.2. The van der Waals surface area contributed by atoms with Gasteiger partial charge in [-0.3, -0.25) is 4.79 Å². The molecule has 0 aromatic carbocycles. The number of aromatic nitrogens is 3. The number of aryl methyl sites for hydroxylation is 1. The van der Waals surface area contributed by atoms with Crippen LogP contribution >= 0.6 is 0 Å². The summed E-state index contributed by atoms with van der Waals surface area (Å²) in [4.78, 5) is 19.3. The first-order valence-corrected chi connectivity index (χ1v) is 6.23. The fraction of sp³-hybridized carbons (Fsp3) is 0.133. The Hall–Kier alpha value is -2.69. The quantitative estimate of drug-likeness (QED) is 0.681. The van der Waals surface area contributed by atoms with E-state index in [9.17, 15) is 4.79 Å². The van der Waals surface area contributed by atoms with Gasteiger partial charge in [-0.05, 0) is 25.1 Å². The van der Waals surface area contributed by atoms with Crippen molar-refractivity contribution in [1.82, 2.24) is 14.4 Å². The maximum atomic E-state index is 11.0. The molecule has 0 fully saturated rings. The van der Waals surface area contributed by atoms with Crippen molar-refractivity contribution in [1.29, 1.82) is 0 Å². The van der Waals surface area contributed by atoms with E-state index in [4.69, 9.17) is 4.74 Å². The summed E-state index contributed by atoms with van der Waals surface area (Å²) >= 11 is 0. The molecule has 0 saturated heterocycles. The summed E-state index contributed by atoms with van der Waals surface area (Å²) in [5, 5.41) is 0. The van der Waals surface area contributed by atoms with Gasteiger partial charge in [0.15, 0.2) is 6.29 Å². The van der Waals surface area contributed by atoms with Crippen molar-refractivity contribution in [3.8, 4) is 5.75 Å². The Bertz CT molecular complexity index is 765. The second kappa shape index (κ2) is 5.13. The minimum Gasteiger partial charge on any atom is -0.486 e. The van der Waals surface area contributed by atoms with Gasteiger partial charge in [0, 0.05) is 17.5 Å². The Morgan fingerprint density at radius 3 is 3.10 bits per heavy atom. The molecule has 5 nitrogen and oxygen atoms in total. The van der Waals surface area contributed by atoms with Gasteiger partial charge in [0.2, 0.25) is 0 Å². The van der Waals surface area contributed by atoms with E-state index in [1.54, 1.807) is 18.6 Å². The molecule has 0 aliphatic carbocycles. The lowest BCUT2D eigenvalue weighted by molar-refractivity contribution is 0.111. The first-order valence-electron chi connectivity index (χ1n) is 6.23. The monoisotopic (exact) mass is 267 g/mol. The Balaban J connectivity index is 1.86. The van der Waals surface area contributed by atoms with Gasteiger partial charge in [-0.15, -0.1) is 0 Å². The van der Waals surface area contributed by atoms with Gasteiger partial charge >= 0.3 is 0 Å². The highest BCUT2D eigenvalue weighted by atomic mass is 16.5. The number of imidazole rings is 1. The molecule has 0 unspecified atom stereocenters. The maximum absolute atomic E-state index is 11.0.